The molecule has 0 aliphatic rings. The second-order valence-electron chi connectivity index (χ2n) is 4.89. The average Bonchev–Trinajstić information content (AvgIpc) is 2.37. The molecule has 0 bridgehead atoms. The van der Waals surface area contributed by atoms with E-state index in [1.807, 2.05) is 20.8 Å². The molecule has 0 amide bonds. The van der Waals surface area contributed by atoms with Gasteiger partial charge in [0.05, 0.1) is 0 Å². The first-order valence-electron chi connectivity index (χ1n) is 7.08. The minimum Gasteiger partial charge on any atom is -0.370 e. The summed E-state index contributed by atoms with van der Waals surface area (Å²) in [6, 6.07) is 3.48. The van der Waals surface area contributed by atoms with Gasteiger partial charge in [-0.15, -0.1) is 0 Å². The van der Waals surface area contributed by atoms with Crippen molar-refractivity contribution in [1.29, 1.82) is 0 Å². The summed E-state index contributed by atoms with van der Waals surface area (Å²) in [6.07, 6.45) is 1.14. The minimum absolute atomic E-state index is 0.303. The lowest BCUT2D eigenvalue weighted by Gasteiger charge is -2.13. The first-order valence-corrected chi connectivity index (χ1v) is 7.08. The molecule has 2 rings (SSSR count). The number of nitrogens with zero attached hydrogens (tertiary/aromatic N) is 2. The zero-order chi connectivity index (χ0) is 15.4. The van der Waals surface area contributed by atoms with Crippen LogP contribution in [-0.4, -0.2) is 16.5 Å². The molecular weight excluding hydrogens is 272 g/mol. The SMILES string of the molecule is CCNc1nc(Cc2cc(F)cc(F)c2)nc(C)c1CC. The summed E-state index contributed by atoms with van der Waals surface area (Å²) >= 11 is 0. The Morgan fingerprint density at radius 1 is 1.05 bits per heavy atom. The van der Waals surface area contributed by atoms with Crippen molar-refractivity contribution in [3.63, 3.8) is 0 Å². The van der Waals surface area contributed by atoms with Crippen LogP contribution in [0, 0.1) is 18.6 Å². The van der Waals surface area contributed by atoms with Crippen LogP contribution in [0.25, 0.3) is 0 Å². The van der Waals surface area contributed by atoms with Crippen molar-refractivity contribution in [1.82, 2.24) is 9.97 Å². The molecule has 2 aromatic rings. The van der Waals surface area contributed by atoms with Crippen LogP contribution in [-0.2, 0) is 12.8 Å². The Balaban J connectivity index is 2.35. The van der Waals surface area contributed by atoms with Gasteiger partial charge in [-0.3, -0.25) is 0 Å². The number of hydrogen-bond acceptors (Lipinski definition) is 3. The lowest BCUT2D eigenvalue weighted by molar-refractivity contribution is 0.580. The molecule has 0 saturated carbocycles. The van der Waals surface area contributed by atoms with Crippen LogP contribution < -0.4 is 5.32 Å². The Bertz CT molecular complexity index is 621. The van der Waals surface area contributed by atoms with E-state index in [0.29, 0.717) is 17.8 Å². The lowest BCUT2D eigenvalue weighted by Crippen LogP contribution is -2.10. The van der Waals surface area contributed by atoms with Gasteiger partial charge in [0.1, 0.15) is 23.3 Å². The maximum atomic E-state index is 13.2. The standard InChI is InChI=1S/C16H19F2N3/c1-4-14-10(3)20-15(21-16(14)19-5-2)8-11-6-12(17)9-13(18)7-11/h6-7,9H,4-5,8H2,1-3H3,(H,19,20,21). The fourth-order valence-corrected chi connectivity index (χ4v) is 2.37. The molecule has 1 N–H and O–H groups in total. The van der Waals surface area contributed by atoms with Crippen LogP contribution in [0.3, 0.4) is 0 Å². The first kappa shape index (κ1) is 15.4. The van der Waals surface area contributed by atoms with Crippen molar-refractivity contribution < 1.29 is 8.78 Å². The number of anilines is 1. The number of benzene rings is 1. The molecule has 0 aliphatic carbocycles. The third-order valence-electron chi connectivity index (χ3n) is 3.24. The van der Waals surface area contributed by atoms with E-state index >= 15 is 0 Å². The van der Waals surface area contributed by atoms with E-state index in [2.05, 4.69) is 15.3 Å². The van der Waals surface area contributed by atoms with E-state index in [1.165, 1.54) is 12.1 Å². The molecule has 0 spiro atoms. The minimum atomic E-state index is -0.584. The van der Waals surface area contributed by atoms with Gasteiger partial charge in [-0.05, 0) is 38.0 Å². The van der Waals surface area contributed by atoms with Crippen LogP contribution in [0.5, 0.6) is 0 Å². The van der Waals surface area contributed by atoms with E-state index in [9.17, 15) is 8.78 Å². The summed E-state index contributed by atoms with van der Waals surface area (Å²) < 4.78 is 26.5. The van der Waals surface area contributed by atoms with Gasteiger partial charge in [0, 0.05) is 30.3 Å². The predicted octanol–water partition coefficient (Wildman–Crippen LogP) is 3.65. The quantitative estimate of drug-likeness (QED) is 0.913. The Kier molecular flexibility index (Phi) is 4.83. The van der Waals surface area contributed by atoms with Crippen molar-refractivity contribution in [3.05, 3.63) is 52.5 Å². The summed E-state index contributed by atoms with van der Waals surface area (Å²) in [4.78, 5) is 8.93. The topological polar surface area (TPSA) is 37.8 Å². The summed E-state index contributed by atoms with van der Waals surface area (Å²) in [5, 5.41) is 3.22. The second-order valence-corrected chi connectivity index (χ2v) is 4.89. The van der Waals surface area contributed by atoms with Crippen molar-refractivity contribution in [2.75, 3.05) is 11.9 Å². The molecular formula is C16H19F2N3. The zero-order valence-electron chi connectivity index (χ0n) is 12.5. The maximum Gasteiger partial charge on any atom is 0.135 e. The Hall–Kier alpha value is -2.04. The monoisotopic (exact) mass is 291 g/mol. The molecule has 0 atom stereocenters. The van der Waals surface area contributed by atoms with Gasteiger partial charge in [0.25, 0.3) is 0 Å². The summed E-state index contributed by atoms with van der Waals surface area (Å²) in [5.74, 6) is 0.197. The highest BCUT2D eigenvalue weighted by molar-refractivity contribution is 5.46. The zero-order valence-corrected chi connectivity index (χ0v) is 12.5. The van der Waals surface area contributed by atoms with Gasteiger partial charge in [0.2, 0.25) is 0 Å². The van der Waals surface area contributed by atoms with Crippen LogP contribution in [0.2, 0.25) is 0 Å². The molecule has 1 aromatic carbocycles. The van der Waals surface area contributed by atoms with Crippen LogP contribution in [0.1, 0.15) is 36.5 Å². The van der Waals surface area contributed by atoms with E-state index in [1.54, 1.807) is 0 Å². The Morgan fingerprint density at radius 2 is 1.71 bits per heavy atom. The Labute approximate surface area is 123 Å². The van der Waals surface area contributed by atoms with Gasteiger partial charge in [-0.1, -0.05) is 6.92 Å². The van der Waals surface area contributed by atoms with Gasteiger partial charge in [-0.25, -0.2) is 18.7 Å². The number of aryl methyl sites for hydroxylation is 1. The van der Waals surface area contributed by atoms with Gasteiger partial charge in [0.15, 0.2) is 0 Å². The summed E-state index contributed by atoms with van der Waals surface area (Å²) in [5.41, 5.74) is 2.50. The van der Waals surface area contributed by atoms with Crippen LogP contribution in [0.15, 0.2) is 18.2 Å². The smallest absolute Gasteiger partial charge is 0.135 e. The molecule has 1 heterocycles. The van der Waals surface area contributed by atoms with Gasteiger partial charge < -0.3 is 5.32 Å². The molecule has 5 heteroatoms. The predicted molar refractivity (Wildman–Crippen MR) is 79.5 cm³/mol. The molecule has 0 unspecified atom stereocenters. The normalized spacial score (nSPS) is 10.7. The molecule has 1 aromatic heterocycles. The molecule has 3 nitrogen and oxygen atoms in total. The van der Waals surface area contributed by atoms with E-state index in [4.69, 9.17) is 0 Å². The number of halogens is 2. The highest BCUT2D eigenvalue weighted by Crippen LogP contribution is 2.19. The van der Waals surface area contributed by atoms with Gasteiger partial charge in [-0.2, -0.15) is 0 Å². The third kappa shape index (κ3) is 3.74. The summed E-state index contributed by atoms with van der Waals surface area (Å²) in [6.45, 7) is 6.74. The first-order chi connectivity index (χ1) is 10.0. The molecule has 0 radical (unpaired) electrons. The van der Waals surface area contributed by atoms with E-state index in [0.717, 1.165) is 36.1 Å². The molecule has 0 fully saturated rings. The number of aromatic nitrogens is 2. The maximum absolute atomic E-state index is 13.2. The average molecular weight is 291 g/mol. The Morgan fingerprint density at radius 3 is 2.29 bits per heavy atom. The highest BCUT2D eigenvalue weighted by atomic mass is 19.1. The van der Waals surface area contributed by atoms with Crippen molar-refractivity contribution in [3.8, 4) is 0 Å². The number of rotatable bonds is 5. The lowest BCUT2D eigenvalue weighted by atomic mass is 10.1. The van der Waals surface area contributed by atoms with Crippen molar-refractivity contribution in [2.45, 2.75) is 33.6 Å². The van der Waals surface area contributed by atoms with Crippen LogP contribution in [0.4, 0.5) is 14.6 Å². The fraction of sp³-hybridized carbons (Fsp3) is 0.375. The molecule has 0 saturated heterocycles. The highest BCUT2D eigenvalue weighted by Gasteiger charge is 2.11. The molecule has 21 heavy (non-hydrogen) atoms. The van der Waals surface area contributed by atoms with E-state index < -0.39 is 11.6 Å². The number of hydrogen-bond donors (Lipinski definition) is 1. The number of nitrogens with one attached hydrogen (secondary N) is 1. The van der Waals surface area contributed by atoms with Crippen LogP contribution >= 0.6 is 0 Å². The van der Waals surface area contributed by atoms with Crippen molar-refractivity contribution >= 4 is 5.82 Å². The van der Waals surface area contributed by atoms with E-state index in [-0.39, 0.29) is 0 Å². The van der Waals surface area contributed by atoms with Gasteiger partial charge >= 0.3 is 0 Å². The van der Waals surface area contributed by atoms with Crippen molar-refractivity contribution in [2.24, 2.45) is 0 Å². The largest absolute Gasteiger partial charge is 0.370 e. The molecule has 112 valence electrons. The second kappa shape index (κ2) is 6.61. The molecule has 0 aliphatic heterocycles. The summed E-state index contributed by atoms with van der Waals surface area (Å²) in [7, 11) is 0. The third-order valence-corrected chi connectivity index (χ3v) is 3.24. The fourth-order valence-electron chi connectivity index (χ4n) is 2.37.